The molecular formula is C20H32ClN5O. The molecule has 4 unspecified atom stereocenters. The largest absolute Gasteiger partial charge is 0.334 e. The summed E-state index contributed by atoms with van der Waals surface area (Å²) in [5.41, 5.74) is 0.545. The fraction of sp³-hybridized carbons (Fsp3) is 0.850. The monoisotopic (exact) mass is 393 g/mol. The van der Waals surface area contributed by atoms with E-state index in [2.05, 4.69) is 20.5 Å². The summed E-state index contributed by atoms with van der Waals surface area (Å²) in [5, 5.41) is 11.9. The Kier molecular flexibility index (Phi) is 5.74. The number of fused-ring (bicyclic) bond motifs is 2. The standard InChI is InChI=1S/C20H31N5O.ClH/c26-20(19-13-25(23-22-19)17-5-7-21-8-6-17)24-9-1-2-18(24)12-16-11-14-3-4-15(16)10-14;/h13-18,21H,1-12H2;1H. The summed E-state index contributed by atoms with van der Waals surface area (Å²) in [5.74, 6) is 2.90. The van der Waals surface area contributed by atoms with E-state index in [9.17, 15) is 4.79 Å². The number of piperidine rings is 1. The van der Waals surface area contributed by atoms with Crippen molar-refractivity contribution in [1.82, 2.24) is 25.2 Å². The van der Waals surface area contributed by atoms with E-state index < -0.39 is 0 Å². The van der Waals surface area contributed by atoms with Crippen molar-refractivity contribution < 1.29 is 4.79 Å². The molecule has 27 heavy (non-hydrogen) atoms. The average Bonchev–Trinajstić information content (AvgIpc) is 3.46. The maximum Gasteiger partial charge on any atom is 0.276 e. The number of hydrogen-bond donors (Lipinski definition) is 1. The van der Waals surface area contributed by atoms with Crippen LogP contribution in [0.4, 0.5) is 0 Å². The predicted octanol–water partition coefficient (Wildman–Crippen LogP) is 3.06. The van der Waals surface area contributed by atoms with Crippen LogP contribution in [0, 0.1) is 17.8 Å². The second-order valence-corrected chi connectivity index (χ2v) is 9.03. The molecule has 2 saturated heterocycles. The van der Waals surface area contributed by atoms with Gasteiger partial charge in [0.1, 0.15) is 0 Å². The van der Waals surface area contributed by atoms with Gasteiger partial charge in [0, 0.05) is 12.6 Å². The number of halogens is 1. The Morgan fingerprint density at radius 2 is 2.00 bits per heavy atom. The molecule has 2 aliphatic carbocycles. The van der Waals surface area contributed by atoms with Gasteiger partial charge in [0.15, 0.2) is 5.69 Å². The van der Waals surface area contributed by atoms with Crippen molar-refractivity contribution in [2.24, 2.45) is 17.8 Å². The molecule has 1 aromatic rings. The normalized spacial score (nSPS) is 33.4. The zero-order valence-electron chi connectivity index (χ0n) is 16.1. The number of nitrogens with one attached hydrogen (secondary N) is 1. The van der Waals surface area contributed by atoms with Gasteiger partial charge in [0.25, 0.3) is 5.91 Å². The summed E-state index contributed by atoms with van der Waals surface area (Å²) >= 11 is 0. The molecule has 3 heterocycles. The summed E-state index contributed by atoms with van der Waals surface area (Å²) in [4.78, 5) is 15.2. The number of rotatable bonds is 4. The van der Waals surface area contributed by atoms with Gasteiger partial charge in [0.05, 0.1) is 12.2 Å². The van der Waals surface area contributed by atoms with Crippen molar-refractivity contribution in [1.29, 1.82) is 0 Å². The van der Waals surface area contributed by atoms with Gasteiger partial charge in [-0.3, -0.25) is 4.79 Å². The average molecular weight is 394 g/mol. The molecule has 2 bridgehead atoms. The first-order chi connectivity index (χ1) is 12.8. The Balaban J connectivity index is 0.00000180. The molecule has 1 N–H and O–H groups in total. The highest BCUT2D eigenvalue weighted by Crippen LogP contribution is 2.50. The van der Waals surface area contributed by atoms with Crippen LogP contribution in [0.2, 0.25) is 0 Å². The third-order valence-electron chi connectivity index (χ3n) is 7.51. The third kappa shape index (κ3) is 3.75. The summed E-state index contributed by atoms with van der Waals surface area (Å²) < 4.78 is 1.93. The predicted molar refractivity (Wildman–Crippen MR) is 106 cm³/mol. The van der Waals surface area contributed by atoms with Crippen molar-refractivity contribution in [3.63, 3.8) is 0 Å². The molecule has 1 aromatic heterocycles. The molecule has 4 atom stereocenters. The highest BCUT2D eigenvalue weighted by Gasteiger charge is 2.42. The maximum atomic E-state index is 13.1. The van der Waals surface area contributed by atoms with Crippen molar-refractivity contribution in [2.45, 2.75) is 69.9 Å². The highest BCUT2D eigenvalue weighted by molar-refractivity contribution is 5.92. The molecule has 5 rings (SSSR count). The van der Waals surface area contributed by atoms with E-state index in [1.807, 2.05) is 10.9 Å². The quantitative estimate of drug-likeness (QED) is 0.853. The minimum atomic E-state index is 0. The molecule has 1 amide bonds. The van der Waals surface area contributed by atoms with Crippen molar-refractivity contribution >= 4 is 18.3 Å². The first-order valence-corrected chi connectivity index (χ1v) is 10.7. The van der Waals surface area contributed by atoms with E-state index >= 15 is 0 Å². The summed E-state index contributed by atoms with van der Waals surface area (Å²) in [6.45, 7) is 2.93. The van der Waals surface area contributed by atoms with Crippen molar-refractivity contribution in [2.75, 3.05) is 19.6 Å². The number of nitrogens with zero attached hydrogens (tertiary/aromatic N) is 4. The smallest absolute Gasteiger partial charge is 0.276 e. The van der Waals surface area contributed by atoms with Crippen molar-refractivity contribution in [3.05, 3.63) is 11.9 Å². The zero-order valence-corrected chi connectivity index (χ0v) is 16.9. The molecule has 0 radical (unpaired) electrons. The Morgan fingerprint density at radius 1 is 1.15 bits per heavy atom. The van der Waals surface area contributed by atoms with E-state index in [1.165, 1.54) is 38.5 Å². The van der Waals surface area contributed by atoms with E-state index in [-0.39, 0.29) is 18.3 Å². The second kappa shape index (κ2) is 8.08. The zero-order chi connectivity index (χ0) is 17.5. The van der Waals surface area contributed by atoms with Crippen LogP contribution in [0.1, 0.15) is 74.3 Å². The molecule has 6 nitrogen and oxygen atoms in total. The SMILES string of the molecule is Cl.O=C(c1cn(C2CCNCC2)nn1)N1CCCC1CC1CC2CCC1C2. The number of likely N-dealkylation sites (tertiary alicyclic amines) is 1. The molecule has 0 aromatic carbocycles. The third-order valence-corrected chi connectivity index (χ3v) is 7.51. The molecular weight excluding hydrogens is 362 g/mol. The number of hydrogen-bond acceptors (Lipinski definition) is 4. The van der Waals surface area contributed by atoms with Gasteiger partial charge in [-0.25, -0.2) is 4.68 Å². The second-order valence-electron chi connectivity index (χ2n) is 9.03. The maximum absolute atomic E-state index is 13.1. The summed E-state index contributed by atoms with van der Waals surface area (Å²) in [7, 11) is 0. The van der Waals surface area contributed by atoms with E-state index in [1.54, 1.807) is 0 Å². The molecule has 0 spiro atoms. The lowest BCUT2D eigenvalue weighted by atomic mass is 9.83. The van der Waals surface area contributed by atoms with Crippen LogP contribution in [-0.4, -0.2) is 51.5 Å². The summed E-state index contributed by atoms with van der Waals surface area (Å²) in [6.07, 6.45) is 13.3. The molecule has 2 saturated carbocycles. The van der Waals surface area contributed by atoms with Crippen LogP contribution >= 0.6 is 12.4 Å². The van der Waals surface area contributed by atoms with Gasteiger partial charge in [-0.15, -0.1) is 17.5 Å². The van der Waals surface area contributed by atoms with E-state index in [0.717, 1.165) is 56.7 Å². The molecule has 7 heteroatoms. The number of amides is 1. The van der Waals surface area contributed by atoms with Gasteiger partial charge < -0.3 is 10.2 Å². The lowest BCUT2D eigenvalue weighted by molar-refractivity contribution is 0.0701. The molecule has 150 valence electrons. The Morgan fingerprint density at radius 3 is 2.74 bits per heavy atom. The van der Waals surface area contributed by atoms with Crippen LogP contribution < -0.4 is 5.32 Å². The Hall–Kier alpha value is -1.14. The topological polar surface area (TPSA) is 63.1 Å². The number of carbonyl (C=O) groups is 1. The first kappa shape index (κ1) is 19.2. The van der Waals surface area contributed by atoms with Crippen molar-refractivity contribution in [3.8, 4) is 0 Å². The summed E-state index contributed by atoms with van der Waals surface area (Å²) in [6, 6.07) is 0.810. The lowest BCUT2D eigenvalue weighted by Crippen LogP contribution is -2.37. The fourth-order valence-electron chi connectivity index (χ4n) is 6.13. The van der Waals surface area contributed by atoms with Gasteiger partial charge >= 0.3 is 0 Å². The van der Waals surface area contributed by atoms with Crippen LogP contribution in [0.3, 0.4) is 0 Å². The van der Waals surface area contributed by atoms with Gasteiger partial charge in [-0.2, -0.15) is 0 Å². The molecule has 2 aliphatic heterocycles. The number of aromatic nitrogens is 3. The highest BCUT2D eigenvalue weighted by atomic mass is 35.5. The van der Waals surface area contributed by atoms with E-state index in [4.69, 9.17) is 0 Å². The Bertz CT molecular complexity index is 659. The molecule has 4 aliphatic rings. The molecule has 4 fully saturated rings. The lowest BCUT2D eigenvalue weighted by Gasteiger charge is -2.30. The minimum absolute atomic E-state index is 0. The van der Waals surface area contributed by atoms with E-state index in [0.29, 0.717) is 17.8 Å². The van der Waals surface area contributed by atoms with Gasteiger partial charge in [-0.1, -0.05) is 11.6 Å². The van der Waals surface area contributed by atoms with Crippen LogP contribution in [-0.2, 0) is 0 Å². The fourth-order valence-corrected chi connectivity index (χ4v) is 6.13. The first-order valence-electron chi connectivity index (χ1n) is 10.7. The number of carbonyl (C=O) groups excluding carboxylic acids is 1. The Labute approximate surface area is 167 Å². The van der Waals surface area contributed by atoms with Crippen LogP contribution in [0.5, 0.6) is 0 Å². The van der Waals surface area contributed by atoms with Gasteiger partial charge in [0.2, 0.25) is 0 Å². The van der Waals surface area contributed by atoms with Crippen LogP contribution in [0.25, 0.3) is 0 Å². The van der Waals surface area contributed by atoms with Crippen LogP contribution in [0.15, 0.2) is 6.20 Å². The van der Waals surface area contributed by atoms with Gasteiger partial charge in [-0.05, 0) is 82.2 Å². The minimum Gasteiger partial charge on any atom is -0.334 e.